The maximum absolute atomic E-state index is 13.7. The monoisotopic (exact) mass is 612 g/mol. The highest BCUT2D eigenvalue weighted by Crippen LogP contribution is 2.42. The van der Waals surface area contributed by atoms with E-state index in [0.29, 0.717) is 55.6 Å². The van der Waals surface area contributed by atoms with Gasteiger partial charge in [-0.1, -0.05) is 25.0 Å². The Hall–Kier alpha value is -3.84. The van der Waals surface area contributed by atoms with Crippen LogP contribution in [0.3, 0.4) is 0 Å². The molecule has 1 aliphatic heterocycles. The summed E-state index contributed by atoms with van der Waals surface area (Å²) >= 11 is 0. The van der Waals surface area contributed by atoms with Crippen molar-refractivity contribution in [2.24, 2.45) is 7.05 Å². The van der Waals surface area contributed by atoms with Crippen molar-refractivity contribution in [3.8, 4) is 0 Å². The van der Waals surface area contributed by atoms with Crippen LogP contribution < -0.4 is 9.80 Å². The van der Waals surface area contributed by atoms with E-state index in [4.69, 9.17) is 4.74 Å². The lowest BCUT2D eigenvalue weighted by atomic mass is 9.93. The fraction of sp³-hybridized carbons (Fsp3) is 0.517. The summed E-state index contributed by atoms with van der Waals surface area (Å²) in [7, 11) is 1.51. The number of benzene rings is 2. The Labute approximate surface area is 245 Å². The lowest BCUT2D eigenvalue weighted by Crippen LogP contribution is -2.35. The fourth-order valence-electron chi connectivity index (χ4n) is 5.21. The fourth-order valence-corrected chi connectivity index (χ4v) is 5.21. The van der Waals surface area contributed by atoms with E-state index in [1.54, 1.807) is 16.7 Å². The molecule has 1 aromatic heterocycles. The van der Waals surface area contributed by atoms with Crippen LogP contribution in [-0.2, 0) is 37.1 Å². The first-order valence-corrected chi connectivity index (χ1v) is 14.0. The van der Waals surface area contributed by atoms with Gasteiger partial charge in [0.05, 0.1) is 29.9 Å². The quantitative estimate of drug-likeness (QED) is 0.259. The maximum atomic E-state index is 13.7. The second-order valence-electron chi connectivity index (χ2n) is 10.7. The average molecular weight is 613 g/mol. The third-order valence-electron chi connectivity index (χ3n) is 7.60. The molecule has 2 heterocycles. The van der Waals surface area contributed by atoms with E-state index in [9.17, 15) is 31.1 Å². The first-order valence-electron chi connectivity index (χ1n) is 14.0. The van der Waals surface area contributed by atoms with E-state index in [1.165, 1.54) is 7.05 Å². The van der Waals surface area contributed by atoms with E-state index in [0.717, 1.165) is 15.9 Å². The number of halogens is 6. The minimum absolute atomic E-state index is 0.0266. The van der Waals surface area contributed by atoms with Crippen molar-refractivity contribution in [2.75, 3.05) is 16.3 Å². The number of aromatic nitrogens is 4. The van der Waals surface area contributed by atoms with E-state index in [-0.39, 0.29) is 30.2 Å². The third kappa shape index (κ3) is 7.21. The van der Waals surface area contributed by atoms with Gasteiger partial charge in [0.25, 0.3) is 5.95 Å². The minimum atomic E-state index is -5.00. The Bertz CT molecular complexity index is 1420. The summed E-state index contributed by atoms with van der Waals surface area (Å²) in [6, 6.07) is 4.71. The number of anilines is 2. The molecule has 1 amide bonds. The number of carbonyl (C=O) groups is 1. The molecule has 0 saturated carbocycles. The number of hydrogen-bond acceptors (Lipinski definition) is 6. The second kappa shape index (κ2) is 12.4. The van der Waals surface area contributed by atoms with E-state index in [1.807, 2.05) is 32.9 Å². The van der Waals surface area contributed by atoms with Gasteiger partial charge in [0.15, 0.2) is 0 Å². The van der Waals surface area contributed by atoms with Crippen LogP contribution in [-0.4, -0.2) is 38.9 Å². The molecule has 4 rings (SSSR count). The van der Waals surface area contributed by atoms with Gasteiger partial charge >= 0.3 is 18.4 Å². The first kappa shape index (κ1) is 32.1. The molecular formula is C29H34F6N6O2. The zero-order valence-electron chi connectivity index (χ0n) is 24.6. The summed E-state index contributed by atoms with van der Waals surface area (Å²) in [6.45, 7) is 7.49. The Balaban J connectivity index is 1.88. The van der Waals surface area contributed by atoms with E-state index in [2.05, 4.69) is 15.4 Å². The van der Waals surface area contributed by atoms with Gasteiger partial charge in [-0.05, 0) is 91.3 Å². The van der Waals surface area contributed by atoms with Crippen molar-refractivity contribution in [3.05, 3.63) is 63.7 Å². The van der Waals surface area contributed by atoms with Crippen LogP contribution >= 0.6 is 0 Å². The highest BCUT2D eigenvalue weighted by Gasteiger charge is 2.38. The van der Waals surface area contributed by atoms with Crippen molar-refractivity contribution in [2.45, 2.75) is 84.4 Å². The van der Waals surface area contributed by atoms with E-state index < -0.39 is 35.6 Å². The second-order valence-corrected chi connectivity index (χ2v) is 10.7. The summed E-state index contributed by atoms with van der Waals surface area (Å²) in [6.07, 6.45) is -8.71. The van der Waals surface area contributed by atoms with Crippen molar-refractivity contribution in [1.82, 2.24) is 20.2 Å². The lowest BCUT2D eigenvalue weighted by molar-refractivity contribution is -0.143. The molecule has 0 spiro atoms. The first-order chi connectivity index (χ1) is 20.1. The molecule has 1 unspecified atom stereocenters. The highest BCUT2D eigenvalue weighted by molar-refractivity contribution is 5.89. The molecule has 0 saturated heterocycles. The molecule has 43 heavy (non-hydrogen) atoms. The van der Waals surface area contributed by atoms with Crippen LogP contribution in [0.25, 0.3) is 0 Å². The number of amides is 1. The van der Waals surface area contributed by atoms with Crippen LogP contribution in [0.2, 0.25) is 0 Å². The number of alkyl halides is 6. The minimum Gasteiger partial charge on any atom is -0.446 e. The van der Waals surface area contributed by atoms with Gasteiger partial charge in [0, 0.05) is 13.1 Å². The van der Waals surface area contributed by atoms with E-state index >= 15 is 0 Å². The van der Waals surface area contributed by atoms with Gasteiger partial charge in [-0.3, -0.25) is 4.90 Å². The molecule has 0 aliphatic carbocycles. The predicted octanol–water partition coefficient (Wildman–Crippen LogP) is 7.40. The molecule has 2 aromatic carbocycles. The van der Waals surface area contributed by atoms with Gasteiger partial charge < -0.3 is 9.64 Å². The molecule has 1 aliphatic rings. The topological polar surface area (TPSA) is 76.4 Å². The molecule has 3 aromatic rings. The number of rotatable bonds is 7. The molecule has 234 valence electrons. The number of carbonyl (C=O) groups excluding carboxylic acids is 1. The molecule has 2 atom stereocenters. The van der Waals surface area contributed by atoms with Crippen molar-refractivity contribution < 1.29 is 35.9 Å². The average Bonchev–Trinajstić information content (AvgIpc) is 3.28. The lowest BCUT2D eigenvalue weighted by Gasteiger charge is -2.33. The third-order valence-corrected chi connectivity index (χ3v) is 7.60. The molecule has 0 bridgehead atoms. The highest BCUT2D eigenvalue weighted by atomic mass is 19.4. The van der Waals surface area contributed by atoms with Crippen molar-refractivity contribution >= 4 is 17.7 Å². The van der Waals surface area contributed by atoms with Gasteiger partial charge in [-0.25, -0.2) is 4.79 Å². The smallest absolute Gasteiger partial charge is 0.416 e. The zero-order chi connectivity index (χ0) is 31.7. The van der Waals surface area contributed by atoms with Gasteiger partial charge in [-0.2, -0.15) is 31.1 Å². The van der Waals surface area contributed by atoms with Crippen LogP contribution in [0.1, 0.15) is 79.5 Å². The normalized spacial score (nSPS) is 16.4. The molecule has 0 N–H and O–H groups in total. The van der Waals surface area contributed by atoms with Crippen molar-refractivity contribution in [1.29, 1.82) is 0 Å². The molecule has 8 nitrogen and oxygen atoms in total. The van der Waals surface area contributed by atoms with Gasteiger partial charge in [0.2, 0.25) is 0 Å². The molecule has 0 radical (unpaired) electrons. The summed E-state index contributed by atoms with van der Waals surface area (Å²) < 4.78 is 87.8. The number of ether oxygens (including phenoxy) is 1. The standard InChI is InChI=1S/C29H34F6N6O2/c1-6-18(4)43-27(42)40-10-8-9-24(23-14-20(7-2)17(3)11-25(23)40)41(26-36-38-39(5)37-26)16-19-12-21(28(30,31)32)15-22(13-19)29(33,34)35/h11-15,18,24H,6-10,16H2,1-5H3/t18?,24-/m0/s1. The molecule has 0 fully saturated rings. The molecular weight excluding hydrogens is 578 g/mol. The number of aryl methyl sites for hydroxylation is 3. The zero-order valence-corrected chi connectivity index (χ0v) is 24.6. The Morgan fingerprint density at radius 3 is 2.26 bits per heavy atom. The number of tetrazole rings is 1. The van der Waals surface area contributed by atoms with Crippen molar-refractivity contribution in [3.63, 3.8) is 0 Å². The summed E-state index contributed by atoms with van der Waals surface area (Å²) in [5.41, 5.74) is 0.0840. The SMILES string of the molecule is CCc1cc2c(cc1C)N(C(=O)OC(C)CC)CCC[C@@H]2N(Cc1cc(C(F)(F)F)cc(C(F)(F)F)c1)c1nnn(C)n1. The Kier molecular flexibility index (Phi) is 9.26. The van der Waals surface area contributed by atoms with Gasteiger partial charge in [-0.15, -0.1) is 5.10 Å². The summed E-state index contributed by atoms with van der Waals surface area (Å²) in [5, 5.41) is 12.2. The van der Waals surface area contributed by atoms with Crippen LogP contribution in [0.15, 0.2) is 30.3 Å². The number of hydrogen-bond donors (Lipinski definition) is 0. The predicted molar refractivity (Wildman–Crippen MR) is 148 cm³/mol. The van der Waals surface area contributed by atoms with Crippen LogP contribution in [0, 0.1) is 6.92 Å². The summed E-state index contributed by atoms with van der Waals surface area (Å²) in [5.74, 6) is 0.0266. The Morgan fingerprint density at radius 2 is 1.72 bits per heavy atom. The van der Waals surface area contributed by atoms with Gasteiger partial charge in [0.1, 0.15) is 6.10 Å². The number of fused-ring (bicyclic) bond motifs is 1. The maximum Gasteiger partial charge on any atom is 0.416 e. The largest absolute Gasteiger partial charge is 0.446 e. The van der Waals surface area contributed by atoms with Crippen LogP contribution in [0.5, 0.6) is 0 Å². The Morgan fingerprint density at radius 1 is 1.07 bits per heavy atom. The summed E-state index contributed by atoms with van der Waals surface area (Å²) in [4.78, 5) is 17.6. The molecule has 14 heteroatoms. The number of nitrogens with zero attached hydrogens (tertiary/aromatic N) is 6. The van der Waals surface area contributed by atoms with Crippen LogP contribution in [0.4, 0.5) is 42.8 Å².